The maximum Gasteiger partial charge on any atom is 0.358 e. The summed E-state index contributed by atoms with van der Waals surface area (Å²) < 4.78 is 1.39. The predicted octanol–water partition coefficient (Wildman–Crippen LogP) is 0.854. The fraction of sp³-hybridized carbons (Fsp3) is 0.692. The molecule has 8 nitrogen and oxygen atoms in total. The van der Waals surface area contributed by atoms with Crippen LogP contribution in [-0.4, -0.2) is 44.7 Å². The summed E-state index contributed by atoms with van der Waals surface area (Å²) in [4.78, 5) is 22.4. The van der Waals surface area contributed by atoms with Gasteiger partial charge in [0.2, 0.25) is 0 Å². The summed E-state index contributed by atoms with van der Waals surface area (Å²) >= 11 is 0. The van der Waals surface area contributed by atoms with E-state index in [1.807, 2.05) is 0 Å². The lowest BCUT2D eigenvalue weighted by Gasteiger charge is -2.18. The average molecular weight is 295 g/mol. The molecule has 1 saturated carbocycles. The summed E-state index contributed by atoms with van der Waals surface area (Å²) in [5.41, 5.74) is 0.193. The molecule has 0 aliphatic heterocycles. The van der Waals surface area contributed by atoms with Crippen LogP contribution in [0.5, 0.6) is 0 Å². The van der Waals surface area contributed by atoms with Gasteiger partial charge in [0.15, 0.2) is 5.69 Å². The molecule has 116 valence electrons. The topological polar surface area (TPSA) is 109 Å². The first-order valence-corrected chi connectivity index (χ1v) is 7.03. The Bertz CT molecular complexity index is 526. The van der Waals surface area contributed by atoms with Gasteiger partial charge in [0, 0.05) is 12.6 Å². The Morgan fingerprint density at radius 1 is 1.52 bits per heavy atom. The van der Waals surface area contributed by atoms with Gasteiger partial charge in [-0.3, -0.25) is 0 Å². The van der Waals surface area contributed by atoms with Crippen LogP contribution in [0.4, 0.5) is 4.79 Å². The number of nitrogens with zero attached hydrogens (tertiary/aromatic N) is 3. The van der Waals surface area contributed by atoms with Crippen molar-refractivity contribution in [2.24, 2.45) is 5.41 Å². The normalized spacial score (nSPS) is 20.2. The van der Waals surface area contributed by atoms with Crippen LogP contribution in [0, 0.1) is 5.41 Å². The predicted molar refractivity (Wildman–Crippen MR) is 74.9 cm³/mol. The molecule has 1 aromatic heterocycles. The fourth-order valence-corrected chi connectivity index (χ4v) is 2.59. The number of carbonyl (C=O) groups excluding carboxylic acids is 1. The molecule has 3 N–H and O–H groups in total. The highest BCUT2D eigenvalue weighted by Gasteiger charge is 2.31. The molecule has 2 rings (SSSR count). The van der Waals surface area contributed by atoms with Gasteiger partial charge >= 0.3 is 12.0 Å². The van der Waals surface area contributed by atoms with Gasteiger partial charge < -0.3 is 15.7 Å². The summed E-state index contributed by atoms with van der Waals surface area (Å²) in [5, 5.41) is 21.6. The van der Waals surface area contributed by atoms with E-state index < -0.39 is 5.97 Å². The van der Waals surface area contributed by atoms with E-state index in [9.17, 15) is 9.59 Å². The SMILES string of the molecule is CC1(C)CCC(NC(=O)NCCn2cc(C(=O)O)nn2)C1. The van der Waals surface area contributed by atoms with Crippen LogP contribution in [0.25, 0.3) is 0 Å². The van der Waals surface area contributed by atoms with Gasteiger partial charge in [-0.25, -0.2) is 14.3 Å². The van der Waals surface area contributed by atoms with E-state index in [1.165, 1.54) is 10.9 Å². The summed E-state index contributed by atoms with van der Waals surface area (Å²) in [6.07, 6.45) is 4.45. The van der Waals surface area contributed by atoms with Gasteiger partial charge in [-0.2, -0.15) is 0 Å². The van der Waals surface area contributed by atoms with E-state index in [0.717, 1.165) is 19.3 Å². The maximum absolute atomic E-state index is 11.8. The minimum absolute atomic E-state index is 0.104. The van der Waals surface area contributed by atoms with Crippen LogP contribution in [0.3, 0.4) is 0 Å². The zero-order chi connectivity index (χ0) is 15.5. The molecule has 1 unspecified atom stereocenters. The van der Waals surface area contributed by atoms with E-state index in [0.29, 0.717) is 18.5 Å². The third-order valence-corrected chi connectivity index (χ3v) is 3.69. The smallest absolute Gasteiger partial charge is 0.358 e. The number of carbonyl (C=O) groups is 2. The molecule has 1 aliphatic rings. The lowest BCUT2D eigenvalue weighted by molar-refractivity contribution is 0.0690. The molecule has 0 saturated heterocycles. The zero-order valence-corrected chi connectivity index (χ0v) is 12.3. The minimum atomic E-state index is -1.11. The number of nitrogens with one attached hydrogen (secondary N) is 2. The second-order valence-corrected chi connectivity index (χ2v) is 6.18. The number of aromatic carboxylic acids is 1. The monoisotopic (exact) mass is 295 g/mol. The van der Waals surface area contributed by atoms with Crippen molar-refractivity contribution in [3.05, 3.63) is 11.9 Å². The van der Waals surface area contributed by atoms with Crippen LogP contribution in [-0.2, 0) is 6.54 Å². The van der Waals surface area contributed by atoms with Crippen molar-refractivity contribution in [3.8, 4) is 0 Å². The molecule has 1 heterocycles. The van der Waals surface area contributed by atoms with E-state index in [-0.39, 0.29) is 17.8 Å². The molecular weight excluding hydrogens is 274 g/mol. The largest absolute Gasteiger partial charge is 0.476 e. The van der Waals surface area contributed by atoms with Crippen molar-refractivity contribution in [1.29, 1.82) is 0 Å². The lowest BCUT2D eigenvalue weighted by Crippen LogP contribution is -2.42. The van der Waals surface area contributed by atoms with Crippen molar-refractivity contribution >= 4 is 12.0 Å². The van der Waals surface area contributed by atoms with Crippen LogP contribution in [0.2, 0.25) is 0 Å². The van der Waals surface area contributed by atoms with Gasteiger partial charge in [-0.05, 0) is 24.7 Å². The number of rotatable bonds is 5. The molecule has 0 aromatic carbocycles. The number of carboxylic acids is 1. The second kappa shape index (κ2) is 6.11. The van der Waals surface area contributed by atoms with Crippen molar-refractivity contribution in [1.82, 2.24) is 25.6 Å². The van der Waals surface area contributed by atoms with Crippen LogP contribution < -0.4 is 10.6 Å². The second-order valence-electron chi connectivity index (χ2n) is 6.18. The molecule has 0 spiro atoms. The quantitative estimate of drug-likeness (QED) is 0.746. The van der Waals surface area contributed by atoms with Crippen molar-refractivity contribution in [3.63, 3.8) is 0 Å². The summed E-state index contributed by atoms with van der Waals surface area (Å²) in [6.45, 7) is 5.16. The van der Waals surface area contributed by atoms with Gasteiger partial charge in [0.25, 0.3) is 0 Å². The summed E-state index contributed by atoms with van der Waals surface area (Å²) in [5.74, 6) is -1.11. The van der Waals surface area contributed by atoms with E-state index in [4.69, 9.17) is 5.11 Å². The van der Waals surface area contributed by atoms with Crippen molar-refractivity contribution in [2.75, 3.05) is 6.54 Å². The Morgan fingerprint density at radius 3 is 2.86 bits per heavy atom. The minimum Gasteiger partial charge on any atom is -0.476 e. The number of urea groups is 1. The lowest BCUT2D eigenvalue weighted by atomic mass is 9.92. The number of aromatic nitrogens is 3. The number of amides is 2. The summed E-state index contributed by atoms with van der Waals surface area (Å²) in [7, 11) is 0. The molecule has 1 atom stereocenters. The Hall–Kier alpha value is -2.12. The molecule has 1 aliphatic carbocycles. The number of hydrogen-bond acceptors (Lipinski definition) is 4. The highest BCUT2D eigenvalue weighted by Crippen LogP contribution is 2.36. The van der Waals surface area contributed by atoms with Crippen molar-refractivity contribution < 1.29 is 14.7 Å². The molecule has 0 bridgehead atoms. The van der Waals surface area contributed by atoms with Crippen LogP contribution in [0.1, 0.15) is 43.6 Å². The Kier molecular flexibility index (Phi) is 4.44. The first-order valence-electron chi connectivity index (χ1n) is 7.03. The highest BCUT2D eigenvalue weighted by molar-refractivity contribution is 5.84. The molecule has 21 heavy (non-hydrogen) atoms. The molecule has 8 heteroatoms. The van der Waals surface area contributed by atoms with Gasteiger partial charge in [-0.1, -0.05) is 19.1 Å². The standard InChI is InChI=1S/C13H21N5O3/c1-13(2)4-3-9(7-13)15-12(21)14-5-6-18-8-10(11(19)20)16-17-18/h8-9H,3-7H2,1-2H3,(H,19,20)(H2,14,15,21). The molecule has 1 fully saturated rings. The zero-order valence-electron chi connectivity index (χ0n) is 12.3. The Morgan fingerprint density at radius 2 is 2.29 bits per heavy atom. The van der Waals surface area contributed by atoms with Crippen LogP contribution in [0.15, 0.2) is 6.20 Å². The molecular formula is C13H21N5O3. The number of carboxylic acid groups (broad SMARTS) is 1. The maximum atomic E-state index is 11.8. The molecule has 1 aromatic rings. The van der Waals surface area contributed by atoms with Crippen molar-refractivity contribution in [2.45, 2.75) is 45.7 Å². The van der Waals surface area contributed by atoms with E-state index >= 15 is 0 Å². The highest BCUT2D eigenvalue weighted by atomic mass is 16.4. The van der Waals surface area contributed by atoms with Crippen LogP contribution >= 0.6 is 0 Å². The number of hydrogen-bond donors (Lipinski definition) is 3. The Labute approximate surface area is 122 Å². The average Bonchev–Trinajstić information content (AvgIpc) is 2.96. The van der Waals surface area contributed by atoms with E-state index in [2.05, 4.69) is 34.8 Å². The third kappa shape index (κ3) is 4.44. The third-order valence-electron chi connectivity index (χ3n) is 3.69. The molecule has 2 amide bonds. The van der Waals surface area contributed by atoms with E-state index in [1.54, 1.807) is 0 Å². The summed E-state index contributed by atoms with van der Waals surface area (Å²) in [6, 6.07) is 0.0289. The van der Waals surface area contributed by atoms with Gasteiger partial charge in [0.1, 0.15) is 0 Å². The molecule has 0 radical (unpaired) electrons. The first kappa shape index (κ1) is 15.3. The fourth-order valence-electron chi connectivity index (χ4n) is 2.59. The van der Waals surface area contributed by atoms with Gasteiger partial charge in [0.05, 0.1) is 12.7 Å². The Balaban J connectivity index is 1.68. The first-order chi connectivity index (χ1) is 9.85. The van der Waals surface area contributed by atoms with Gasteiger partial charge in [-0.15, -0.1) is 5.10 Å².